The normalized spacial score (nSPS) is 11.3. The molecule has 3 aromatic rings. The molecule has 0 atom stereocenters. The molecule has 0 aromatic carbocycles. The molecule has 0 aliphatic heterocycles. The largest absolute Gasteiger partial charge is 0.307 e. The van der Waals surface area contributed by atoms with Crippen LogP contribution in [-0.2, 0) is 13.1 Å². The molecule has 19 heavy (non-hydrogen) atoms. The van der Waals surface area contributed by atoms with E-state index in [-0.39, 0.29) is 0 Å². The summed E-state index contributed by atoms with van der Waals surface area (Å²) in [7, 11) is 0. The van der Waals surface area contributed by atoms with Gasteiger partial charge in [0.05, 0.1) is 11.4 Å². The van der Waals surface area contributed by atoms with Gasteiger partial charge in [-0.1, -0.05) is 0 Å². The first-order valence-electron chi connectivity index (χ1n) is 6.27. The maximum absolute atomic E-state index is 4.55. The number of hydrogen-bond donors (Lipinski definition) is 1. The van der Waals surface area contributed by atoms with Crippen LogP contribution in [0, 0.1) is 13.8 Å². The summed E-state index contributed by atoms with van der Waals surface area (Å²) in [5.41, 5.74) is 4.85. The molecule has 0 aliphatic rings. The monoisotopic (exact) mass is 272 g/mol. The van der Waals surface area contributed by atoms with Crippen molar-refractivity contribution in [3.05, 3.63) is 52.6 Å². The fraction of sp³-hybridized carbons (Fsp3) is 0.286. The highest BCUT2D eigenvalue weighted by atomic mass is 32.1. The molecule has 0 saturated heterocycles. The Balaban J connectivity index is 1.71. The number of nitrogens with one attached hydrogen (secondary N) is 1. The van der Waals surface area contributed by atoms with Gasteiger partial charge in [0.2, 0.25) is 0 Å². The van der Waals surface area contributed by atoms with Gasteiger partial charge in [0.25, 0.3) is 0 Å². The molecule has 4 nitrogen and oxygen atoms in total. The highest BCUT2D eigenvalue weighted by Crippen LogP contribution is 2.16. The van der Waals surface area contributed by atoms with E-state index in [4.69, 9.17) is 0 Å². The first-order chi connectivity index (χ1) is 9.25. The van der Waals surface area contributed by atoms with Gasteiger partial charge in [-0.3, -0.25) is 9.38 Å². The molecule has 0 radical (unpaired) electrons. The van der Waals surface area contributed by atoms with E-state index in [0.717, 1.165) is 23.7 Å². The minimum atomic E-state index is 0.818. The second-order valence-corrected chi connectivity index (χ2v) is 5.48. The third-order valence-electron chi connectivity index (χ3n) is 3.32. The van der Waals surface area contributed by atoms with Crippen LogP contribution in [0.3, 0.4) is 0 Å². The summed E-state index contributed by atoms with van der Waals surface area (Å²) in [5.74, 6) is 0. The zero-order valence-electron chi connectivity index (χ0n) is 11.1. The maximum atomic E-state index is 4.55. The van der Waals surface area contributed by atoms with E-state index in [1.165, 1.54) is 16.8 Å². The fourth-order valence-electron chi connectivity index (χ4n) is 2.15. The van der Waals surface area contributed by atoms with Crippen molar-refractivity contribution in [2.24, 2.45) is 0 Å². The molecule has 0 unspecified atom stereocenters. The molecular weight excluding hydrogens is 256 g/mol. The maximum Gasteiger partial charge on any atom is 0.194 e. The summed E-state index contributed by atoms with van der Waals surface area (Å²) in [4.78, 5) is 9.77. The van der Waals surface area contributed by atoms with E-state index in [1.54, 1.807) is 11.3 Å². The van der Waals surface area contributed by atoms with E-state index in [0.29, 0.717) is 0 Å². The highest BCUT2D eigenvalue weighted by molar-refractivity contribution is 7.15. The number of imidazole rings is 1. The molecule has 0 fully saturated rings. The zero-order chi connectivity index (χ0) is 13.2. The number of hydrogen-bond acceptors (Lipinski definition) is 4. The Morgan fingerprint density at radius 1 is 1.32 bits per heavy atom. The average Bonchev–Trinajstić information content (AvgIpc) is 2.94. The molecule has 0 aliphatic carbocycles. The Labute approximate surface area is 116 Å². The van der Waals surface area contributed by atoms with Gasteiger partial charge in [-0.15, -0.1) is 11.3 Å². The Kier molecular flexibility index (Phi) is 3.31. The minimum Gasteiger partial charge on any atom is -0.307 e. The molecule has 0 spiro atoms. The molecule has 0 amide bonds. The van der Waals surface area contributed by atoms with Crippen LogP contribution in [-0.4, -0.2) is 14.4 Å². The molecule has 0 bridgehead atoms. The van der Waals surface area contributed by atoms with Crippen molar-refractivity contribution in [3.63, 3.8) is 0 Å². The lowest BCUT2D eigenvalue weighted by molar-refractivity contribution is 0.668. The molecule has 98 valence electrons. The highest BCUT2D eigenvalue weighted by Gasteiger charge is 2.08. The van der Waals surface area contributed by atoms with Crippen LogP contribution in [0.1, 0.15) is 22.5 Å². The van der Waals surface area contributed by atoms with E-state index in [9.17, 15) is 0 Å². The Bertz CT molecular complexity index is 698. The molecule has 3 heterocycles. The van der Waals surface area contributed by atoms with Gasteiger partial charge in [0.1, 0.15) is 0 Å². The van der Waals surface area contributed by atoms with Crippen molar-refractivity contribution >= 4 is 16.3 Å². The molecule has 3 rings (SSSR count). The SMILES string of the molecule is Cc1ccncc1CNCc1c(C)nc2sccn12. The Hall–Kier alpha value is -1.72. The predicted octanol–water partition coefficient (Wildman–Crippen LogP) is 2.70. The van der Waals surface area contributed by atoms with Gasteiger partial charge in [0, 0.05) is 37.1 Å². The van der Waals surface area contributed by atoms with E-state index in [1.807, 2.05) is 18.5 Å². The molecule has 1 N–H and O–H groups in total. The number of nitrogens with zero attached hydrogens (tertiary/aromatic N) is 3. The van der Waals surface area contributed by atoms with Gasteiger partial charge in [-0.2, -0.15) is 0 Å². The second-order valence-electron chi connectivity index (χ2n) is 4.61. The van der Waals surface area contributed by atoms with Gasteiger partial charge < -0.3 is 5.32 Å². The number of aromatic nitrogens is 3. The first-order valence-corrected chi connectivity index (χ1v) is 7.15. The van der Waals surface area contributed by atoms with E-state index < -0.39 is 0 Å². The van der Waals surface area contributed by atoms with Crippen molar-refractivity contribution < 1.29 is 0 Å². The zero-order valence-corrected chi connectivity index (χ0v) is 11.9. The number of aryl methyl sites for hydroxylation is 2. The quantitative estimate of drug-likeness (QED) is 0.794. The van der Waals surface area contributed by atoms with Gasteiger partial charge in [-0.05, 0) is 31.0 Å². The lowest BCUT2D eigenvalue weighted by Crippen LogP contribution is -2.15. The molecule has 5 heteroatoms. The summed E-state index contributed by atoms with van der Waals surface area (Å²) < 4.78 is 2.16. The summed E-state index contributed by atoms with van der Waals surface area (Å²) >= 11 is 1.67. The number of fused-ring (bicyclic) bond motifs is 1. The van der Waals surface area contributed by atoms with Crippen molar-refractivity contribution in [1.82, 2.24) is 19.7 Å². The van der Waals surface area contributed by atoms with Crippen LogP contribution >= 0.6 is 11.3 Å². The van der Waals surface area contributed by atoms with Crippen molar-refractivity contribution in [1.29, 1.82) is 0 Å². The van der Waals surface area contributed by atoms with Gasteiger partial charge in [0.15, 0.2) is 4.96 Å². The smallest absolute Gasteiger partial charge is 0.194 e. The van der Waals surface area contributed by atoms with E-state index >= 15 is 0 Å². The van der Waals surface area contributed by atoms with Crippen LogP contribution < -0.4 is 5.32 Å². The van der Waals surface area contributed by atoms with Crippen molar-refractivity contribution in [3.8, 4) is 0 Å². The Morgan fingerprint density at radius 3 is 3.05 bits per heavy atom. The summed E-state index contributed by atoms with van der Waals surface area (Å²) in [6.07, 6.45) is 5.83. The minimum absolute atomic E-state index is 0.818. The molecular formula is C14H16N4S. The second kappa shape index (κ2) is 5.11. The van der Waals surface area contributed by atoms with Crippen LogP contribution in [0.2, 0.25) is 0 Å². The first kappa shape index (κ1) is 12.3. The van der Waals surface area contributed by atoms with Crippen LogP contribution in [0.5, 0.6) is 0 Å². The predicted molar refractivity (Wildman–Crippen MR) is 77.3 cm³/mol. The van der Waals surface area contributed by atoms with Crippen molar-refractivity contribution in [2.75, 3.05) is 0 Å². The third kappa shape index (κ3) is 2.39. The van der Waals surface area contributed by atoms with Gasteiger partial charge >= 0.3 is 0 Å². The standard InChI is InChI=1S/C14H16N4S/c1-10-3-4-15-7-12(10)8-16-9-13-11(2)17-14-18(13)5-6-19-14/h3-7,16H,8-9H2,1-2H3. The lowest BCUT2D eigenvalue weighted by atomic mass is 10.1. The summed E-state index contributed by atoms with van der Waals surface area (Å²) in [5, 5.41) is 5.54. The number of thiazole rings is 1. The fourth-order valence-corrected chi connectivity index (χ4v) is 2.93. The van der Waals surface area contributed by atoms with Crippen LogP contribution in [0.15, 0.2) is 30.0 Å². The average molecular weight is 272 g/mol. The third-order valence-corrected chi connectivity index (χ3v) is 4.07. The van der Waals surface area contributed by atoms with E-state index in [2.05, 4.69) is 45.1 Å². The number of rotatable bonds is 4. The lowest BCUT2D eigenvalue weighted by Gasteiger charge is -2.07. The number of pyridine rings is 1. The van der Waals surface area contributed by atoms with Crippen LogP contribution in [0.25, 0.3) is 4.96 Å². The summed E-state index contributed by atoms with van der Waals surface area (Å²) in [6, 6.07) is 2.04. The topological polar surface area (TPSA) is 42.2 Å². The molecule has 0 saturated carbocycles. The van der Waals surface area contributed by atoms with Gasteiger partial charge in [-0.25, -0.2) is 4.98 Å². The summed E-state index contributed by atoms with van der Waals surface area (Å²) in [6.45, 7) is 5.82. The van der Waals surface area contributed by atoms with Crippen LogP contribution in [0.4, 0.5) is 0 Å². The van der Waals surface area contributed by atoms with Crippen molar-refractivity contribution in [2.45, 2.75) is 26.9 Å². The Morgan fingerprint density at radius 2 is 2.21 bits per heavy atom. The molecule has 3 aromatic heterocycles.